The lowest BCUT2D eigenvalue weighted by Crippen LogP contribution is -2.22. The predicted octanol–water partition coefficient (Wildman–Crippen LogP) is 11.6. The molecule has 2 amide bonds. The Balaban J connectivity index is 0.000000226. The number of furan rings is 2. The molecule has 4 aromatic heterocycles. The zero-order valence-electron chi connectivity index (χ0n) is 41.8. The smallest absolute Gasteiger partial charge is 0.405 e. The molecule has 8 aromatic rings. The van der Waals surface area contributed by atoms with Gasteiger partial charge in [0.25, 0.3) is 11.8 Å². The first-order chi connectivity index (χ1) is 36.1. The number of benzene rings is 4. The fraction of sp³-hybridized carbons (Fsp3) is 0.218. The first-order valence-electron chi connectivity index (χ1n) is 23.1. The molecule has 0 bridgehead atoms. The number of ether oxygens (including phenoxy) is 2. The van der Waals surface area contributed by atoms with Crippen LogP contribution >= 0.6 is 0 Å². The highest BCUT2D eigenvalue weighted by atomic mass is 19.4. The zero-order valence-corrected chi connectivity index (χ0v) is 41.8. The first-order valence-corrected chi connectivity index (χ1v) is 23.1. The number of nitrogens with one attached hydrogen (secondary N) is 4. The van der Waals surface area contributed by atoms with E-state index in [4.69, 9.17) is 18.3 Å². The molecule has 5 N–H and O–H groups in total. The number of carbonyl (C=O) groups is 4. The number of carbonyl (C=O) groups excluding carboxylic acids is 3. The van der Waals surface area contributed by atoms with Crippen molar-refractivity contribution in [1.82, 2.24) is 20.6 Å². The highest BCUT2D eigenvalue weighted by Crippen LogP contribution is 2.42. The third kappa shape index (κ3) is 11.7. The van der Waals surface area contributed by atoms with Crippen molar-refractivity contribution in [2.45, 2.75) is 33.4 Å². The zero-order chi connectivity index (χ0) is 55.2. The molecular formula is C55H48F5N7O9. The van der Waals surface area contributed by atoms with E-state index in [2.05, 4.69) is 37.3 Å². The van der Waals surface area contributed by atoms with E-state index in [-0.39, 0.29) is 79.9 Å². The SMILES string of the molecule is CCNc1nc2oc(-c3ccc(F)cc3)c(C(=O)NC)c2cc1-c1ccc(OC)c(C(=O)O)c1.CNC(=O)c1c(-c2ccc(F)cc2)oc2nc(NCC(F)(F)F)c(-c3ccc(OC)c(C(=O)CC(C)(C)C#N)c3)cc12. The van der Waals surface area contributed by atoms with Crippen LogP contribution in [0.5, 0.6) is 11.5 Å². The normalized spacial score (nSPS) is 11.3. The lowest BCUT2D eigenvalue weighted by molar-refractivity contribution is -0.115. The monoisotopic (exact) mass is 1050 g/mol. The van der Waals surface area contributed by atoms with E-state index in [0.29, 0.717) is 45.6 Å². The number of aromatic nitrogens is 2. The van der Waals surface area contributed by atoms with Gasteiger partial charge in [0.15, 0.2) is 5.78 Å². The number of alkyl halides is 3. The number of nitrogens with zero attached hydrogens (tertiary/aromatic N) is 3. The Kier molecular flexibility index (Phi) is 16.1. The van der Waals surface area contributed by atoms with Gasteiger partial charge in [-0.1, -0.05) is 12.1 Å². The van der Waals surface area contributed by atoms with Gasteiger partial charge in [-0.05, 0) is 117 Å². The Morgan fingerprint density at radius 3 is 1.47 bits per heavy atom. The molecule has 4 heterocycles. The van der Waals surface area contributed by atoms with Crippen LogP contribution in [-0.2, 0) is 0 Å². The fourth-order valence-electron chi connectivity index (χ4n) is 8.09. The Hall–Kier alpha value is -9.32. The van der Waals surface area contributed by atoms with Gasteiger partial charge in [0.05, 0.1) is 53.2 Å². The molecule has 0 radical (unpaired) electrons. The van der Waals surface area contributed by atoms with Crippen molar-refractivity contribution < 1.29 is 64.5 Å². The van der Waals surface area contributed by atoms with Crippen molar-refractivity contribution in [2.24, 2.45) is 5.41 Å². The molecule has 21 heteroatoms. The standard InChI is InChI=1S/C30H26F4N4O4.C25H22FN3O5/c1-29(2,14-35)13-22(39)20-11-17(7-10-23(20)41-4)19-12-21-24(27(40)36-3)25(16-5-8-18(31)9-6-16)42-28(21)38-26(19)37-15-30(32,33)34;1-4-28-22-16(14-7-10-19(33-3)17(11-14)25(31)32)12-18-20(23(30)27-2)21(34-24(18)29-22)13-5-8-15(26)9-6-13/h5-12H,13,15H2,1-4H3,(H,36,40)(H,37,38);5-12H,4H2,1-3H3,(H,27,30)(H,28,29)(H,31,32). The molecule has 0 spiro atoms. The maximum absolute atomic E-state index is 13.6. The number of amides is 2. The second kappa shape index (κ2) is 22.4. The summed E-state index contributed by atoms with van der Waals surface area (Å²) in [7, 11) is 5.66. The number of Topliss-reactive ketones (excluding diaryl/α,β-unsaturated/α-hetero) is 1. The number of hydrogen-bond acceptors (Lipinski definition) is 13. The number of methoxy groups -OCH3 is 2. The van der Waals surface area contributed by atoms with Crippen LogP contribution in [0.2, 0.25) is 0 Å². The summed E-state index contributed by atoms with van der Waals surface area (Å²) >= 11 is 0. The van der Waals surface area contributed by atoms with Crippen molar-refractivity contribution in [2.75, 3.05) is 52.0 Å². The fourth-order valence-corrected chi connectivity index (χ4v) is 8.09. The molecule has 0 aliphatic rings. The van der Waals surface area contributed by atoms with E-state index in [9.17, 15) is 51.5 Å². The maximum Gasteiger partial charge on any atom is 0.405 e. The summed E-state index contributed by atoms with van der Waals surface area (Å²) in [4.78, 5) is 59.7. The number of halogens is 5. The Labute approximate surface area is 430 Å². The highest BCUT2D eigenvalue weighted by molar-refractivity contribution is 6.13. The summed E-state index contributed by atoms with van der Waals surface area (Å²) in [5, 5.41) is 30.2. The Morgan fingerprint density at radius 1 is 0.658 bits per heavy atom. The molecule has 0 atom stereocenters. The molecule has 16 nitrogen and oxygen atoms in total. The summed E-state index contributed by atoms with van der Waals surface area (Å²) < 4.78 is 89.1. The van der Waals surface area contributed by atoms with Crippen molar-refractivity contribution in [3.63, 3.8) is 0 Å². The van der Waals surface area contributed by atoms with Crippen LogP contribution in [0.4, 0.5) is 33.6 Å². The highest BCUT2D eigenvalue weighted by Gasteiger charge is 2.31. The van der Waals surface area contributed by atoms with Crippen LogP contribution in [-0.4, -0.2) is 86.2 Å². The summed E-state index contributed by atoms with van der Waals surface area (Å²) in [6.45, 7) is 4.23. The van der Waals surface area contributed by atoms with Crippen molar-refractivity contribution in [3.8, 4) is 62.5 Å². The van der Waals surface area contributed by atoms with E-state index in [1.54, 1.807) is 32.0 Å². The van der Waals surface area contributed by atoms with Gasteiger partial charge in [0.2, 0.25) is 11.4 Å². The summed E-state index contributed by atoms with van der Waals surface area (Å²) in [5.74, 6) is -2.47. The molecule has 8 rings (SSSR count). The van der Waals surface area contributed by atoms with E-state index in [0.717, 1.165) is 0 Å². The third-order valence-electron chi connectivity index (χ3n) is 11.7. The average molecular weight is 1050 g/mol. The first kappa shape index (κ1) is 54.5. The van der Waals surface area contributed by atoms with E-state index < -0.39 is 53.3 Å². The number of nitriles is 1. The second-order valence-electron chi connectivity index (χ2n) is 17.5. The van der Waals surface area contributed by atoms with Gasteiger partial charge in [-0.2, -0.15) is 28.4 Å². The number of ketones is 1. The second-order valence-corrected chi connectivity index (χ2v) is 17.5. The molecule has 0 saturated carbocycles. The van der Waals surface area contributed by atoms with Gasteiger partial charge in [0, 0.05) is 49.3 Å². The lowest BCUT2D eigenvalue weighted by atomic mass is 9.86. The van der Waals surface area contributed by atoms with Crippen molar-refractivity contribution >= 4 is 57.4 Å². The number of aromatic carboxylic acids is 1. The van der Waals surface area contributed by atoms with E-state index >= 15 is 0 Å². The number of carboxylic acid groups (broad SMARTS) is 1. The molecule has 0 saturated heterocycles. The van der Waals surface area contributed by atoms with Gasteiger partial charge >= 0.3 is 12.1 Å². The molecule has 76 heavy (non-hydrogen) atoms. The number of hydrogen-bond donors (Lipinski definition) is 5. The van der Waals surface area contributed by atoms with Gasteiger partial charge in [0.1, 0.15) is 58.4 Å². The molecule has 4 aromatic carbocycles. The molecular weight excluding hydrogens is 998 g/mol. The van der Waals surface area contributed by atoms with Crippen molar-refractivity contribution in [3.05, 3.63) is 131 Å². The summed E-state index contributed by atoms with van der Waals surface area (Å²) in [6.07, 6.45) is -4.73. The Morgan fingerprint density at radius 2 is 1.08 bits per heavy atom. The number of pyridine rings is 2. The van der Waals surface area contributed by atoms with Crippen LogP contribution in [0.1, 0.15) is 68.6 Å². The third-order valence-corrected chi connectivity index (χ3v) is 11.7. The minimum atomic E-state index is -4.59. The molecule has 392 valence electrons. The number of rotatable bonds is 16. The number of fused-ring (bicyclic) bond motifs is 2. The Bertz CT molecular complexity index is 3570. The van der Waals surface area contributed by atoms with Gasteiger partial charge < -0.3 is 44.7 Å². The van der Waals surface area contributed by atoms with Crippen LogP contribution in [0, 0.1) is 28.4 Å². The predicted molar refractivity (Wildman–Crippen MR) is 274 cm³/mol. The summed E-state index contributed by atoms with van der Waals surface area (Å²) in [6, 6.07) is 25.2. The summed E-state index contributed by atoms with van der Waals surface area (Å²) in [5.41, 5.74) is 1.92. The maximum atomic E-state index is 13.6. The molecule has 0 fully saturated rings. The number of carboxylic acids is 1. The van der Waals surface area contributed by atoms with Crippen molar-refractivity contribution in [1.29, 1.82) is 5.26 Å². The minimum Gasteiger partial charge on any atom is -0.496 e. The number of anilines is 2. The minimum absolute atomic E-state index is 0.00624. The van der Waals surface area contributed by atoms with Gasteiger partial charge in [-0.25, -0.2) is 13.6 Å². The van der Waals surface area contributed by atoms with Gasteiger partial charge in [-0.15, -0.1) is 0 Å². The largest absolute Gasteiger partial charge is 0.496 e. The van der Waals surface area contributed by atoms with E-state index in [1.807, 2.05) is 6.92 Å². The van der Waals surface area contributed by atoms with Crippen LogP contribution in [0.3, 0.4) is 0 Å². The van der Waals surface area contributed by atoms with Crippen LogP contribution in [0.25, 0.3) is 67.1 Å². The molecule has 0 unspecified atom stereocenters. The van der Waals surface area contributed by atoms with Crippen LogP contribution in [0.15, 0.2) is 106 Å². The topological polar surface area (TPSA) is 231 Å². The van der Waals surface area contributed by atoms with Crippen LogP contribution < -0.4 is 30.7 Å². The van der Waals surface area contributed by atoms with E-state index in [1.165, 1.54) is 107 Å². The molecule has 0 aliphatic heterocycles. The quantitative estimate of drug-likeness (QED) is 0.0448. The van der Waals surface area contributed by atoms with Gasteiger partial charge in [-0.3, -0.25) is 14.4 Å². The lowest BCUT2D eigenvalue weighted by Gasteiger charge is -2.17. The molecule has 0 aliphatic carbocycles. The average Bonchev–Trinajstić information content (AvgIpc) is 4.02.